The third-order valence-corrected chi connectivity index (χ3v) is 6.78. The second-order valence-corrected chi connectivity index (χ2v) is 8.79. The van der Waals surface area contributed by atoms with E-state index < -0.39 is 0 Å². The molecule has 3 heterocycles. The van der Waals surface area contributed by atoms with Crippen molar-refractivity contribution in [3.8, 4) is 5.75 Å². The largest absolute Gasteiger partial charge is 0.495 e. The Hall–Kier alpha value is -3.09. The number of benzene rings is 2. The number of anilines is 1. The molecule has 0 fully saturated rings. The summed E-state index contributed by atoms with van der Waals surface area (Å²) in [7, 11) is 1.51. The van der Waals surface area contributed by atoms with Gasteiger partial charge in [-0.2, -0.15) is 0 Å². The van der Waals surface area contributed by atoms with Crippen LogP contribution >= 0.6 is 22.9 Å². The molecule has 5 rings (SSSR count). The number of imide groups is 1. The molecule has 5 nitrogen and oxygen atoms in total. The number of thiophene rings is 1. The van der Waals surface area contributed by atoms with E-state index in [0.717, 1.165) is 11.3 Å². The second-order valence-electron chi connectivity index (χ2n) is 7.40. The monoisotopic (exact) mass is 450 g/mol. The van der Waals surface area contributed by atoms with Gasteiger partial charge in [-0.25, -0.2) is 4.90 Å². The smallest absolute Gasteiger partial charge is 0.282 e. The number of hydrogen-bond donors (Lipinski definition) is 0. The molecule has 0 saturated heterocycles. The van der Waals surface area contributed by atoms with E-state index in [2.05, 4.69) is 12.1 Å². The SMILES string of the molecule is COc1ccc(Cl)cc1N1C(=O)C(c2cccs2)=C(N2CCc3ccccc3C2)C1=O. The van der Waals surface area contributed by atoms with Gasteiger partial charge in [-0.15, -0.1) is 11.3 Å². The predicted molar refractivity (Wildman–Crippen MR) is 122 cm³/mol. The second kappa shape index (κ2) is 7.87. The summed E-state index contributed by atoms with van der Waals surface area (Å²) in [4.78, 5) is 31.3. The van der Waals surface area contributed by atoms with Crippen molar-refractivity contribution in [2.75, 3.05) is 18.6 Å². The van der Waals surface area contributed by atoms with Gasteiger partial charge in [0.05, 0.1) is 18.4 Å². The molecule has 0 bridgehead atoms. The molecule has 7 heteroatoms. The van der Waals surface area contributed by atoms with Gasteiger partial charge in [0.1, 0.15) is 11.4 Å². The molecular formula is C24H19ClN2O3S. The highest BCUT2D eigenvalue weighted by molar-refractivity contribution is 7.11. The third kappa shape index (κ3) is 3.32. The predicted octanol–water partition coefficient (Wildman–Crippen LogP) is 4.75. The van der Waals surface area contributed by atoms with E-state index >= 15 is 0 Å². The van der Waals surface area contributed by atoms with Gasteiger partial charge in [-0.1, -0.05) is 41.9 Å². The van der Waals surface area contributed by atoms with Gasteiger partial charge in [0.15, 0.2) is 0 Å². The molecule has 2 aliphatic heterocycles. The molecule has 1 aromatic heterocycles. The molecule has 0 saturated carbocycles. The zero-order valence-electron chi connectivity index (χ0n) is 16.8. The van der Waals surface area contributed by atoms with E-state index in [4.69, 9.17) is 16.3 Å². The number of nitrogens with zero attached hydrogens (tertiary/aromatic N) is 2. The molecule has 156 valence electrons. The summed E-state index contributed by atoms with van der Waals surface area (Å²) >= 11 is 7.65. The maximum atomic E-state index is 13.7. The lowest BCUT2D eigenvalue weighted by Gasteiger charge is -2.31. The highest BCUT2D eigenvalue weighted by Gasteiger charge is 2.44. The number of amides is 2. The Labute approximate surface area is 189 Å². The zero-order valence-corrected chi connectivity index (χ0v) is 18.4. The fourth-order valence-corrected chi connectivity index (χ4v) is 5.13. The van der Waals surface area contributed by atoms with Gasteiger partial charge in [-0.3, -0.25) is 9.59 Å². The summed E-state index contributed by atoms with van der Waals surface area (Å²) in [5.74, 6) is -0.294. The van der Waals surface area contributed by atoms with Crippen molar-refractivity contribution in [3.05, 3.63) is 86.7 Å². The lowest BCUT2D eigenvalue weighted by Crippen LogP contribution is -2.37. The van der Waals surface area contributed by atoms with Crippen LogP contribution in [0.1, 0.15) is 16.0 Å². The lowest BCUT2D eigenvalue weighted by molar-refractivity contribution is -0.120. The Morgan fingerprint density at radius 3 is 2.55 bits per heavy atom. The summed E-state index contributed by atoms with van der Waals surface area (Å²) in [6.45, 7) is 1.25. The summed E-state index contributed by atoms with van der Waals surface area (Å²) < 4.78 is 5.43. The van der Waals surface area contributed by atoms with Crippen molar-refractivity contribution in [2.45, 2.75) is 13.0 Å². The first-order valence-electron chi connectivity index (χ1n) is 9.90. The normalized spacial score (nSPS) is 16.2. The maximum Gasteiger partial charge on any atom is 0.282 e. The van der Waals surface area contributed by atoms with Crippen molar-refractivity contribution < 1.29 is 14.3 Å². The van der Waals surface area contributed by atoms with Gasteiger partial charge in [0, 0.05) is 23.0 Å². The number of carbonyl (C=O) groups is 2. The molecule has 0 N–H and O–H groups in total. The molecule has 0 radical (unpaired) electrons. The van der Waals surface area contributed by atoms with Gasteiger partial charge in [0.2, 0.25) is 0 Å². The first kappa shape index (κ1) is 19.8. The van der Waals surface area contributed by atoms with Crippen LogP contribution in [0.5, 0.6) is 5.75 Å². The van der Waals surface area contributed by atoms with Gasteiger partial charge < -0.3 is 9.64 Å². The minimum atomic E-state index is -0.359. The van der Waals surface area contributed by atoms with Gasteiger partial charge in [-0.05, 0) is 47.2 Å². The number of carbonyl (C=O) groups excluding carboxylic acids is 2. The minimum Gasteiger partial charge on any atom is -0.495 e. The average Bonchev–Trinajstić information content (AvgIpc) is 3.39. The number of halogens is 1. The minimum absolute atomic E-state index is 0.353. The van der Waals surface area contributed by atoms with Crippen LogP contribution in [0.4, 0.5) is 5.69 Å². The van der Waals surface area contributed by atoms with Crippen LogP contribution in [-0.4, -0.2) is 30.4 Å². The quantitative estimate of drug-likeness (QED) is 0.538. The fourth-order valence-electron chi connectivity index (χ4n) is 4.20. The van der Waals surface area contributed by atoms with Gasteiger partial charge in [0.25, 0.3) is 11.8 Å². The lowest BCUT2D eigenvalue weighted by atomic mass is 9.99. The van der Waals surface area contributed by atoms with Crippen LogP contribution in [0.3, 0.4) is 0 Å². The zero-order chi connectivity index (χ0) is 21.5. The average molecular weight is 451 g/mol. The maximum absolute atomic E-state index is 13.7. The summed E-state index contributed by atoms with van der Waals surface area (Å²) in [5.41, 5.74) is 3.67. The molecule has 0 atom stereocenters. The third-order valence-electron chi connectivity index (χ3n) is 5.66. The Balaban J connectivity index is 1.62. The Bertz CT molecular complexity index is 1220. The number of ether oxygens (including phenoxy) is 1. The van der Waals surface area contributed by atoms with Gasteiger partial charge >= 0.3 is 0 Å². The summed E-state index contributed by atoms with van der Waals surface area (Å²) in [6, 6.07) is 16.9. The molecular weight excluding hydrogens is 432 g/mol. The van der Waals surface area contributed by atoms with E-state index in [0.29, 0.717) is 40.8 Å². The van der Waals surface area contributed by atoms with Crippen LogP contribution in [0, 0.1) is 0 Å². The first-order valence-corrected chi connectivity index (χ1v) is 11.2. The van der Waals surface area contributed by atoms with E-state index in [-0.39, 0.29) is 11.8 Å². The van der Waals surface area contributed by atoms with Crippen LogP contribution in [0.15, 0.2) is 65.7 Å². The van der Waals surface area contributed by atoms with E-state index in [1.807, 2.05) is 34.5 Å². The Kier molecular flexibility index (Phi) is 5.04. The Morgan fingerprint density at radius 1 is 1.00 bits per heavy atom. The van der Waals surface area contributed by atoms with Crippen molar-refractivity contribution >= 4 is 46.0 Å². The van der Waals surface area contributed by atoms with Crippen molar-refractivity contribution in [3.63, 3.8) is 0 Å². The standard InChI is InChI=1S/C24H19ClN2O3S/c1-30-19-9-8-17(25)13-18(19)27-23(28)21(20-7-4-12-31-20)22(24(27)29)26-11-10-15-5-2-3-6-16(15)14-26/h2-9,12-13H,10-11,14H2,1H3. The van der Waals surface area contributed by atoms with E-state index in [1.165, 1.54) is 34.5 Å². The van der Waals surface area contributed by atoms with E-state index in [1.54, 1.807) is 18.2 Å². The number of hydrogen-bond acceptors (Lipinski definition) is 5. The molecule has 2 amide bonds. The van der Waals surface area contributed by atoms with Crippen molar-refractivity contribution in [2.24, 2.45) is 0 Å². The van der Waals surface area contributed by atoms with Crippen LogP contribution in [0.25, 0.3) is 5.57 Å². The molecule has 0 unspecified atom stereocenters. The molecule has 3 aromatic rings. The van der Waals surface area contributed by atoms with E-state index in [9.17, 15) is 9.59 Å². The highest BCUT2D eigenvalue weighted by atomic mass is 35.5. The topological polar surface area (TPSA) is 49.9 Å². The number of rotatable bonds is 4. The highest BCUT2D eigenvalue weighted by Crippen LogP contribution is 2.41. The first-order chi connectivity index (χ1) is 15.1. The Morgan fingerprint density at radius 2 is 1.81 bits per heavy atom. The van der Waals surface area contributed by atoms with Crippen molar-refractivity contribution in [1.82, 2.24) is 4.90 Å². The summed E-state index contributed by atoms with van der Waals surface area (Å²) in [6.07, 6.45) is 0.819. The van der Waals surface area contributed by atoms with Crippen molar-refractivity contribution in [1.29, 1.82) is 0 Å². The molecule has 0 spiro atoms. The van der Waals surface area contributed by atoms with Crippen LogP contribution in [0.2, 0.25) is 5.02 Å². The van der Waals surface area contributed by atoms with Crippen LogP contribution in [-0.2, 0) is 22.6 Å². The molecule has 2 aromatic carbocycles. The molecule has 2 aliphatic rings. The molecule has 31 heavy (non-hydrogen) atoms. The number of fused-ring (bicyclic) bond motifs is 1. The summed E-state index contributed by atoms with van der Waals surface area (Å²) in [5, 5.41) is 2.33. The number of methoxy groups -OCH3 is 1. The molecule has 0 aliphatic carbocycles. The van der Waals surface area contributed by atoms with Crippen LogP contribution < -0.4 is 9.64 Å². The fraction of sp³-hybridized carbons (Fsp3) is 0.167.